The van der Waals surface area contributed by atoms with Gasteiger partial charge in [-0.05, 0) is 30.3 Å². The third-order valence-corrected chi connectivity index (χ3v) is 4.31. The van der Waals surface area contributed by atoms with Crippen LogP contribution in [0.15, 0.2) is 48.9 Å². The number of anilines is 1. The number of fused-ring (bicyclic) bond motifs is 1. The maximum atomic E-state index is 13.3. The number of H-pyrrole nitrogens is 1. The van der Waals surface area contributed by atoms with Crippen LogP contribution in [0.5, 0.6) is 0 Å². The lowest BCUT2D eigenvalue weighted by Crippen LogP contribution is -2.07. The fourth-order valence-corrected chi connectivity index (χ4v) is 3.12. The van der Waals surface area contributed by atoms with E-state index in [4.69, 9.17) is 0 Å². The lowest BCUT2D eigenvalue weighted by Gasteiger charge is -2.07. The summed E-state index contributed by atoms with van der Waals surface area (Å²) in [6.45, 7) is 1.25. The van der Waals surface area contributed by atoms with Crippen LogP contribution in [0, 0.1) is 5.95 Å². The second-order valence-corrected chi connectivity index (χ2v) is 6.21. The third kappa shape index (κ3) is 3.21. The zero-order valence-electron chi connectivity index (χ0n) is 14.9. The van der Waals surface area contributed by atoms with Crippen molar-refractivity contribution in [3.63, 3.8) is 0 Å². The van der Waals surface area contributed by atoms with Crippen molar-refractivity contribution < 1.29 is 14.3 Å². The van der Waals surface area contributed by atoms with Crippen LogP contribution >= 0.6 is 0 Å². The average Bonchev–Trinajstić information content (AvgIpc) is 3.08. The van der Waals surface area contributed by atoms with E-state index in [-0.39, 0.29) is 12.5 Å². The van der Waals surface area contributed by atoms with E-state index in [0.29, 0.717) is 33.7 Å². The monoisotopic (exact) mass is 377 g/mol. The minimum Gasteiger partial charge on any atom is -0.392 e. The highest BCUT2D eigenvalue weighted by molar-refractivity contribution is 6.02. The Balaban J connectivity index is 1.98. The van der Waals surface area contributed by atoms with Gasteiger partial charge >= 0.3 is 0 Å². The molecule has 4 heterocycles. The van der Waals surface area contributed by atoms with E-state index in [1.54, 1.807) is 36.7 Å². The lowest BCUT2D eigenvalue weighted by molar-refractivity contribution is -0.114. The molecule has 0 saturated carbocycles. The van der Waals surface area contributed by atoms with E-state index in [1.807, 2.05) is 0 Å². The fraction of sp³-hybridized carbons (Fsp3) is 0.100. The van der Waals surface area contributed by atoms with Gasteiger partial charge in [0.2, 0.25) is 11.9 Å². The van der Waals surface area contributed by atoms with Crippen LogP contribution in [-0.2, 0) is 11.4 Å². The number of nitrogens with one attached hydrogen (secondary N) is 2. The van der Waals surface area contributed by atoms with Gasteiger partial charge in [0.25, 0.3) is 0 Å². The van der Waals surface area contributed by atoms with Crippen molar-refractivity contribution in [3.05, 3.63) is 60.4 Å². The number of carbonyl (C=O) groups is 1. The number of amides is 1. The van der Waals surface area contributed by atoms with Gasteiger partial charge in [0.05, 0.1) is 23.3 Å². The molecule has 0 saturated heterocycles. The van der Waals surface area contributed by atoms with E-state index < -0.39 is 5.95 Å². The molecule has 0 aliphatic carbocycles. The Labute approximate surface area is 159 Å². The van der Waals surface area contributed by atoms with Crippen molar-refractivity contribution in [1.82, 2.24) is 19.9 Å². The van der Waals surface area contributed by atoms with Crippen molar-refractivity contribution in [2.24, 2.45) is 0 Å². The molecule has 0 radical (unpaired) electrons. The zero-order valence-corrected chi connectivity index (χ0v) is 14.9. The van der Waals surface area contributed by atoms with E-state index >= 15 is 0 Å². The number of rotatable bonds is 4. The molecule has 0 bridgehead atoms. The molecule has 28 heavy (non-hydrogen) atoms. The van der Waals surface area contributed by atoms with E-state index in [0.717, 1.165) is 11.1 Å². The van der Waals surface area contributed by atoms with Crippen molar-refractivity contribution in [3.8, 4) is 22.4 Å². The summed E-state index contributed by atoms with van der Waals surface area (Å²) in [5.41, 5.74) is 4.83. The third-order valence-electron chi connectivity index (χ3n) is 4.31. The SMILES string of the molecule is CC(=O)Nc1cc(-c2[nH]c3c(CO)ccnc3c2-c2ccc(F)nc2)ccn1. The summed E-state index contributed by atoms with van der Waals surface area (Å²) >= 11 is 0. The minimum atomic E-state index is -0.578. The van der Waals surface area contributed by atoms with Crippen LogP contribution in [0.2, 0.25) is 0 Å². The van der Waals surface area contributed by atoms with E-state index in [2.05, 4.69) is 25.3 Å². The number of hydrogen-bond acceptors (Lipinski definition) is 5. The number of aromatic nitrogens is 4. The highest BCUT2D eigenvalue weighted by atomic mass is 19.1. The average molecular weight is 377 g/mol. The van der Waals surface area contributed by atoms with Crippen molar-refractivity contribution >= 4 is 22.8 Å². The van der Waals surface area contributed by atoms with Gasteiger partial charge in [-0.25, -0.2) is 9.97 Å². The molecule has 1 amide bonds. The number of aliphatic hydroxyl groups is 1. The molecule has 140 valence electrons. The normalized spacial score (nSPS) is 11.0. The van der Waals surface area contributed by atoms with Crippen LogP contribution in [-0.4, -0.2) is 30.9 Å². The Morgan fingerprint density at radius 2 is 1.96 bits per heavy atom. The molecule has 0 spiro atoms. The van der Waals surface area contributed by atoms with Gasteiger partial charge in [0.1, 0.15) is 5.82 Å². The molecule has 0 aromatic carbocycles. The van der Waals surface area contributed by atoms with Crippen LogP contribution in [0.3, 0.4) is 0 Å². The summed E-state index contributed by atoms with van der Waals surface area (Å²) in [6.07, 6.45) is 4.63. The zero-order chi connectivity index (χ0) is 19.7. The number of nitrogens with zero attached hydrogens (tertiary/aromatic N) is 3. The molecule has 8 heteroatoms. The maximum Gasteiger partial charge on any atom is 0.222 e. The first-order valence-electron chi connectivity index (χ1n) is 8.53. The summed E-state index contributed by atoms with van der Waals surface area (Å²) in [7, 11) is 0. The van der Waals surface area contributed by atoms with Crippen LogP contribution in [0.1, 0.15) is 12.5 Å². The molecule has 0 fully saturated rings. The summed E-state index contributed by atoms with van der Waals surface area (Å²) < 4.78 is 13.3. The molecule has 4 aromatic heterocycles. The first-order valence-corrected chi connectivity index (χ1v) is 8.53. The number of aliphatic hydroxyl groups excluding tert-OH is 1. The number of pyridine rings is 3. The molecule has 0 atom stereocenters. The second-order valence-electron chi connectivity index (χ2n) is 6.21. The number of halogens is 1. The van der Waals surface area contributed by atoms with Gasteiger partial charge in [0, 0.05) is 47.8 Å². The van der Waals surface area contributed by atoms with Gasteiger partial charge in [0.15, 0.2) is 0 Å². The van der Waals surface area contributed by atoms with Gasteiger partial charge in [-0.15, -0.1) is 0 Å². The number of hydrogen-bond donors (Lipinski definition) is 3. The van der Waals surface area contributed by atoms with Gasteiger partial charge in [-0.1, -0.05) is 0 Å². The predicted octanol–water partition coefficient (Wildman–Crippen LogP) is 3.28. The predicted molar refractivity (Wildman–Crippen MR) is 103 cm³/mol. The maximum absolute atomic E-state index is 13.3. The van der Waals surface area contributed by atoms with Gasteiger partial charge in [-0.2, -0.15) is 4.39 Å². The molecule has 0 unspecified atom stereocenters. The summed E-state index contributed by atoms with van der Waals surface area (Å²) in [5, 5.41) is 12.3. The Hall–Kier alpha value is -3.65. The summed E-state index contributed by atoms with van der Waals surface area (Å²) in [6, 6.07) is 8.14. The lowest BCUT2D eigenvalue weighted by atomic mass is 10.0. The molecule has 4 aromatic rings. The Morgan fingerprint density at radius 1 is 1.14 bits per heavy atom. The Bertz CT molecular complexity index is 1170. The molecule has 4 rings (SSSR count). The Kier molecular flexibility index (Phi) is 4.54. The van der Waals surface area contributed by atoms with E-state index in [9.17, 15) is 14.3 Å². The van der Waals surface area contributed by atoms with Crippen LogP contribution < -0.4 is 5.32 Å². The molecular weight excluding hydrogens is 361 g/mol. The van der Waals surface area contributed by atoms with Crippen LogP contribution in [0.4, 0.5) is 10.2 Å². The fourth-order valence-electron chi connectivity index (χ4n) is 3.12. The molecule has 0 aliphatic heterocycles. The highest BCUT2D eigenvalue weighted by Gasteiger charge is 2.19. The molecule has 3 N–H and O–H groups in total. The second kappa shape index (κ2) is 7.16. The van der Waals surface area contributed by atoms with Crippen molar-refractivity contribution in [2.45, 2.75) is 13.5 Å². The van der Waals surface area contributed by atoms with Gasteiger partial charge in [-0.3, -0.25) is 9.78 Å². The first kappa shape index (κ1) is 17.7. The van der Waals surface area contributed by atoms with E-state index in [1.165, 1.54) is 19.2 Å². The number of carbonyl (C=O) groups excluding carboxylic acids is 1. The quantitative estimate of drug-likeness (QED) is 0.474. The molecule has 7 nitrogen and oxygen atoms in total. The van der Waals surface area contributed by atoms with Crippen molar-refractivity contribution in [1.29, 1.82) is 0 Å². The standard InChI is InChI=1S/C20H16FN5O2/c1-11(28)25-16-8-12(4-6-22-16)18-17(13-2-3-15(21)24-9-13)20-19(26-18)14(10-27)5-7-23-20/h2-9,26-27H,10H2,1H3,(H,22,25,28). The largest absolute Gasteiger partial charge is 0.392 e. The number of aromatic amines is 1. The summed E-state index contributed by atoms with van der Waals surface area (Å²) in [5.74, 6) is -0.401. The Morgan fingerprint density at radius 3 is 2.68 bits per heavy atom. The summed E-state index contributed by atoms with van der Waals surface area (Å²) in [4.78, 5) is 27.0. The molecule has 0 aliphatic rings. The minimum absolute atomic E-state index is 0.159. The van der Waals surface area contributed by atoms with Crippen LogP contribution in [0.25, 0.3) is 33.4 Å². The first-order chi connectivity index (χ1) is 13.6. The molecular formula is C20H16FN5O2. The smallest absolute Gasteiger partial charge is 0.222 e. The highest BCUT2D eigenvalue weighted by Crippen LogP contribution is 2.38. The van der Waals surface area contributed by atoms with Gasteiger partial charge < -0.3 is 15.4 Å². The van der Waals surface area contributed by atoms with Crippen molar-refractivity contribution in [2.75, 3.05) is 5.32 Å². The topological polar surface area (TPSA) is 104 Å².